The van der Waals surface area contributed by atoms with Gasteiger partial charge in [0.2, 0.25) is 0 Å². The van der Waals surface area contributed by atoms with Crippen LogP contribution in [0.2, 0.25) is 0 Å². The number of anilines is 1. The molecule has 24 heavy (non-hydrogen) atoms. The summed E-state index contributed by atoms with van der Waals surface area (Å²) in [6.07, 6.45) is 0. The Morgan fingerprint density at radius 3 is 2.21 bits per heavy atom. The summed E-state index contributed by atoms with van der Waals surface area (Å²) in [6.45, 7) is 9.28. The molecule has 0 aliphatic carbocycles. The van der Waals surface area contributed by atoms with E-state index < -0.39 is 5.60 Å². The second kappa shape index (κ2) is 6.13. The normalized spacial score (nSPS) is 16.6. The Bertz CT molecular complexity index is 696. The minimum atomic E-state index is -0.950. The SMILES string of the molecule is CC(C)c1cc(N2CC(O)(c3ccc(F)cc3)C2)nc(C(C)C)n1. The van der Waals surface area contributed by atoms with Crippen molar-refractivity contribution >= 4 is 5.82 Å². The molecule has 2 heterocycles. The van der Waals surface area contributed by atoms with Crippen LogP contribution in [-0.4, -0.2) is 28.2 Å². The number of hydrogen-bond acceptors (Lipinski definition) is 4. The van der Waals surface area contributed by atoms with Gasteiger partial charge in [0, 0.05) is 17.7 Å². The van der Waals surface area contributed by atoms with E-state index in [1.165, 1.54) is 12.1 Å². The maximum atomic E-state index is 13.1. The lowest BCUT2D eigenvalue weighted by molar-refractivity contribution is 0.00695. The summed E-state index contributed by atoms with van der Waals surface area (Å²) in [7, 11) is 0. The molecule has 1 saturated heterocycles. The van der Waals surface area contributed by atoms with E-state index in [4.69, 9.17) is 0 Å². The Kier molecular flexibility index (Phi) is 4.30. The fourth-order valence-corrected chi connectivity index (χ4v) is 2.88. The highest BCUT2D eigenvalue weighted by Gasteiger charge is 2.43. The lowest BCUT2D eigenvalue weighted by atomic mass is 9.86. The van der Waals surface area contributed by atoms with E-state index in [1.54, 1.807) is 12.1 Å². The lowest BCUT2D eigenvalue weighted by Gasteiger charge is -2.47. The summed E-state index contributed by atoms with van der Waals surface area (Å²) in [5.41, 5.74) is 0.803. The Hall–Kier alpha value is -2.01. The molecule has 4 nitrogen and oxygen atoms in total. The molecule has 0 unspecified atom stereocenters. The van der Waals surface area contributed by atoms with Gasteiger partial charge in [-0.25, -0.2) is 14.4 Å². The van der Waals surface area contributed by atoms with Crippen LogP contribution in [0, 0.1) is 5.82 Å². The summed E-state index contributed by atoms with van der Waals surface area (Å²) in [4.78, 5) is 11.3. The molecule has 0 amide bonds. The maximum Gasteiger partial charge on any atom is 0.133 e. The van der Waals surface area contributed by atoms with Gasteiger partial charge in [0.25, 0.3) is 0 Å². The number of aliphatic hydroxyl groups is 1. The van der Waals surface area contributed by atoms with Gasteiger partial charge in [-0.3, -0.25) is 0 Å². The quantitative estimate of drug-likeness (QED) is 0.931. The maximum absolute atomic E-state index is 13.1. The lowest BCUT2D eigenvalue weighted by Crippen LogP contribution is -2.60. The largest absolute Gasteiger partial charge is 0.381 e. The summed E-state index contributed by atoms with van der Waals surface area (Å²) in [5, 5.41) is 10.8. The number of benzene rings is 1. The van der Waals surface area contributed by atoms with E-state index in [2.05, 4.69) is 37.7 Å². The van der Waals surface area contributed by atoms with Gasteiger partial charge < -0.3 is 10.0 Å². The van der Waals surface area contributed by atoms with Crippen molar-refractivity contribution in [2.45, 2.75) is 45.1 Å². The van der Waals surface area contributed by atoms with Crippen LogP contribution in [0.3, 0.4) is 0 Å². The van der Waals surface area contributed by atoms with Crippen LogP contribution in [-0.2, 0) is 5.60 Å². The second-order valence-electron chi connectivity index (χ2n) is 7.21. The zero-order valence-corrected chi connectivity index (χ0v) is 14.6. The van der Waals surface area contributed by atoms with Crippen molar-refractivity contribution in [1.82, 2.24) is 9.97 Å². The molecular formula is C19H24FN3O. The third-order valence-electron chi connectivity index (χ3n) is 4.47. The number of aromatic nitrogens is 2. The number of rotatable bonds is 4. The van der Waals surface area contributed by atoms with Crippen molar-refractivity contribution in [3.05, 3.63) is 53.2 Å². The molecule has 3 rings (SSSR count). The minimum absolute atomic E-state index is 0.250. The second-order valence-corrected chi connectivity index (χ2v) is 7.21. The number of β-amino-alcohol motifs (C(OH)–C–C–N with tert-alkyl or cyclic N) is 1. The third kappa shape index (κ3) is 3.13. The monoisotopic (exact) mass is 329 g/mol. The molecule has 2 aromatic rings. The molecule has 1 aliphatic heterocycles. The van der Waals surface area contributed by atoms with Gasteiger partial charge in [0.05, 0.1) is 13.1 Å². The Labute approximate surface area is 142 Å². The van der Waals surface area contributed by atoms with Crippen LogP contribution in [0.25, 0.3) is 0 Å². The molecule has 0 bridgehead atoms. The van der Waals surface area contributed by atoms with Crippen LogP contribution in [0.15, 0.2) is 30.3 Å². The van der Waals surface area contributed by atoms with Gasteiger partial charge in [0.15, 0.2) is 0 Å². The van der Waals surface area contributed by atoms with Crippen molar-refractivity contribution < 1.29 is 9.50 Å². The molecule has 1 aromatic carbocycles. The van der Waals surface area contributed by atoms with E-state index >= 15 is 0 Å². The zero-order valence-electron chi connectivity index (χ0n) is 14.6. The van der Waals surface area contributed by atoms with E-state index in [-0.39, 0.29) is 11.7 Å². The van der Waals surface area contributed by atoms with Gasteiger partial charge in [-0.15, -0.1) is 0 Å². The summed E-state index contributed by atoms with van der Waals surface area (Å²) >= 11 is 0. The molecule has 128 valence electrons. The van der Waals surface area contributed by atoms with Crippen LogP contribution in [0.1, 0.15) is 56.6 Å². The van der Waals surface area contributed by atoms with Crippen molar-refractivity contribution in [2.75, 3.05) is 18.0 Å². The highest BCUT2D eigenvalue weighted by Crippen LogP contribution is 2.35. The molecule has 1 aromatic heterocycles. The van der Waals surface area contributed by atoms with Gasteiger partial charge in [-0.2, -0.15) is 0 Å². The molecule has 1 aliphatic rings. The Morgan fingerprint density at radius 1 is 1.04 bits per heavy atom. The smallest absolute Gasteiger partial charge is 0.133 e. The van der Waals surface area contributed by atoms with Crippen LogP contribution in [0.5, 0.6) is 0 Å². The fourth-order valence-electron chi connectivity index (χ4n) is 2.88. The highest BCUT2D eigenvalue weighted by molar-refractivity contribution is 5.48. The average molecular weight is 329 g/mol. The van der Waals surface area contributed by atoms with Crippen molar-refractivity contribution in [2.24, 2.45) is 0 Å². The van der Waals surface area contributed by atoms with Gasteiger partial charge in [-0.1, -0.05) is 39.8 Å². The summed E-state index contributed by atoms with van der Waals surface area (Å²) in [6, 6.07) is 8.06. The molecule has 5 heteroatoms. The van der Waals surface area contributed by atoms with Crippen LogP contribution in [0.4, 0.5) is 10.2 Å². The first-order valence-electron chi connectivity index (χ1n) is 8.41. The zero-order chi connectivity index (χ0) is 17.5. The molecule has 0 saturated carbocycles. The molecule has 1 fully saturated rings. The number of hydrogen-bond donors (Lipinski definition) is 1. The van der Waals surface area contributed by atoms with Crippen LogP contribution >= 0.6 is 0 Å². The number of halogens is 1. The summed E-state index contributed by atoms with van der Waals surface area (Å²) in [5.74, 6) is 1.95. The Balaban J connectivity index is 1.83. The van der Waals surface area contributed by atoms with Crippen molar-refractivity contribution in [1.29, 1.82) is 0 Å². The third-order valence-corrected chi connectivity index (χ3v) is 4.47. The molecule has 0 atom stereocenters. The minimum Gasteiger partial charge on any atom is -0.381 e. The topological polar surface area (TPSA) is 49.2 Å². The first-order chi connectivity index (χ1) is 11.3. The first kappa shape index (κ1) is 16.8. The molecule has 1 N–H and O–H groups in total. The van der Waals surface area contributed by atoms with Gasteiger partial charge in [0.1, 0.15) is 23.1 Å². The van der Waals surface area contributed by atoms with E-state index in [9.17, 15) is 9.50 Å². The number of nitrogens with zero attached hydrogens (tertiary/aromatic N) is 3. The van der Waals surface area contributed by atoms with Crippen molar-refractivity contribution in [3.8, 4) is 0 Å². The predicted molar refractivity (Wildman–Crippen MR) is 92.7 cm³/mol. The predicted octanol–water partition coefficient (Wildman–Crippen LogP) is 3.57. The highest BCUT2D eigenvalue weighted by atomic mass is 19.1. The van der Waals surface area contributed by atoms with E-state index in [0.29, 0.717) is 19.0 Å². The molecular weight excluding hydrogens is 305 g/mol. The van der Waals surface area contributed by atoms with E-state index in [1.807, 2.05) is 11.0 Å². The Morgan fingerprint density at radius 2 is 1.67 bits per heavy atom. The van der Waals surface area contributed by atoms with Crippen LogP contribution < -0.4 is 4.90 Å². The van der Waals surface area contributed by atoms with Gasteiger partial charge >= 0.3 is 0 Å². The molecule has 0 radical (unpaired) electrons. The van der Waals surface area contributed by atoms with Gasteiger partial charge in [-0.05, 0) is 23.6 Å². The standard InChI is InChI=1S/C19H24FN3O/c1-12(2)16-9-17(22-18(21-16)13(3)4)23-10-19(24,11-23)14-5-7-15(20)8-6-14/h5-9,12-13,24H,10-11H2,1-4H3. The average Bonchev–Trinajstić information content (AvgIpc) is 2.52. The first-order valence-corrected chi connectivity index (χ1v) is 8.41. The molecule has 0 spiro atoms. The fraction of sp³-hybridized carbons (Fsp3) is 0.474. The van der Waals surface area contributed by atoms with E-state index in [0.717, 1.165) is 22.9 Å². The summed E-state index contributed by atoms with van der Waals surface area (Å²) < 4.78 is 13.1. The van der Waals surface area contributed by atoms with Crippen molar-refractivity contribution in [3.63, 3.8) is 0 Å².